The molecule has 2 aromatic carbocycles. The Bertz CT molecular complexity index is 729. The normalized spacial score (nSPS) is 11.3. The minimum absolute atomic E-state index is 0.0538. The molecule has 0 bridgehead atoms. The van der Waals surface area contributed by atoms with Crippen LogP contribution >= 0.6 is 0 Å². The number of ether oxygens (including phenoxy) is 1. The molecule has 2 rings (SSSR count). The van der Waals surface area contributed by atoms with E-state index in [-0.39, 0.29) is 24.5 Å². The maximum Gasteiger partial charge on any atom is 0.315 e. The second kappa shape index (κ2) is 8.73. The molecular formula is C19H23N3O3. The lowest BCUT2D eigenvalue weighted by Crippen LogP contribution is -2.42. The largest absolute Gasteiger partial charge is 0.496 e. The summed E-state index contributed by atoms with van der Waals surface area (Å²) in [7, 11) is 3.17. The molecule has 0 aromatic heterocycles. The Balaban J connectivity index is 2.01. The highest BCUT2D eigenvalue weighted by atomic mass is 16.5. The molecule has 6 heteroatoms. The number of urea groups is 1. The first kappa shape index (κ1) is 18.3. The molecule has 2 aromatic rings. The molecule has 3 amide bonds. The van der Waals surface area contributed by atoms with Gasteiger partial charge in [-0.25, -0.2) is 4.79 Å². The quantitative estimate of drug-likeness (QED) is 0.755. The van der Waals surface area contributed by atoms with Crippen LogP contribution in [0, 0.1) is 0 Å². The Morgan fingerprint density at radius 3 is 2.40 bits per heavy atom. The van der Waals surface area contributed by atoms with Gasteiger partial charge in [0.1, 0.15) is 5.75 Å². The number of amides is 3. The van der Waals surface area contributed by atoms with E-state index in [9.17, 15) is 9.59 Å². The average Bonchev–Trinajstić information content (AvgIpc) is 2.66. The van der Waals surface area contributed by atoms with Crippen molar-refractivity contribution in [3.05, 3.63) is 54.1 Å². The summed E-state index contributed by atoms with van der Waals surface area (Å²) < 4.78 is 5.39. The number of benzene rings is 2. The van der Waals surface area contributed by atoms with Crippen LogP contribution in [0.2, 0.25) is 0 Å². The molecule has 0 fully saturated rings. The Morgan fingerprint density at radius 1 is 1.08 bits per heavy atom. The molecule has 1 atom stereocenters. The van der Waals surface area contributed by atoms with E-state index in [4.69, 9.17) is 4.74 Å². The van der Waals surface area contributed by atoms with Crippen LogP contribution < -0.4 is 20.7 Å². The molecule has 0 unspecified atom stereocenters. The summed E-state index contributed by atoms with van der Waals surface area (Å²) in [4.78, 5) is 22.9. The second-order valence-corrected chi connectivity index (χ2v) is 5.54. The highest BCUT2D eigenvalue weighted by Crippen LogP contribution is 2.30. The van der Waals surface area contributed by atoms with Crippen molar-refractivity contribution in [1.29, 1.82) is 0 Å². The zero-order valence-electron chi connectivity index (χ0n) is 14.6. The van der Waals surface area contributed by atoms with E-state index >= 15 is 0 Å². The van der Waals surface area contributed by atoms with Gasteiger partial charge in [-0.15, -0.1) is 0 Å². The van der Waals surface area contributed by atoms with Crippen molar-refractivity contribution in [1.82, 2.24) is 16.0 Å². The van der Waals surface area contributed by atoms with Gasteiger partial charge in [0.25, 0.3) is 0 Å². The molecule has 0 aliphatic rings. The Kier molecular flexibility index (Phi) is 6.39. The lowest BCUT2D eigenvalue weighted by Gasteiger charge is -2.16. The maximum absolute atomic E-state index is 11.8. The third-order valence-corrected chi connectivity index (χ3v) is 3.86. The third kappa shape index (κ3) is 4.97. The summed E-state index contributed by atoms with van der Waals surface area (Å²) in [6.45, 7) is 1.83. The van der Waals surface area contributed by atoms with E-state index in [1.165, 1.54) is 7.05 Å². The molecule has 3 N–H and O–H groups in total. The SMILES string of the molecule is CNC(=O)CNC(=O)N[C@@H](C)c1ccc(-c2ccccc2OC)cc1. The van der Waals surface area contributed by atoms with Gasteiger partial charge in [-0.05, 0) is 24.1 Å². The minimum Gasteiger partial charge on any atom is -0.496 e. The van der Waals surface area contributed by atoms with Gasteiger partial charge < -0.3 is 20.7 Å². The van der Waals surface area contributed by atoms with Gasteiger partial charge in [-0.3, -0.25) is 4.79 Å². The zero-order valence-corrected chi connectivity index (χ0v) is 14.6. The van der Waals surface area contributed by atoms with Crippen LogP contribution in [-0.2, 0) is 4.79 Å². The number of hydrogen-bond donors (Lipinski definition) is 3. The van der Waals surface area contributed by atoms with Gasteiger partial charge in [0, 0.05) is 12.6 Å². The molecule has 0 radical (unpaired) electrons. The van der Waals surface area contributed by atoms with Crippen molar-refractivity contribution >= 4 is 11.9 Å². The average molecular weight is 341 g/mol. The van der Waals surface area contributed by atoms with Crippen molar-refractivity contribution in [3.8, 4) is 16.9 Å². The van der Waals surface area contributed by atoms with E-state index < -0.39 is 0 Å². The molecule has 0 saturated heterocycles. The number of likely N-dealkylation sites (N-methyl/N-ethyl adjacent to an activating group) is 1. The summed E-state index contributed by atoms with van der Waals surface area (Å²) in [5.74, 6) is 0.568. The number of para-hydroxylation sites is 1. The van der Waals surface area contributed by atoms with Gasteiger partial charge in [0.2, 0.25) is 5.91 Å². The van der Waals surface area contributed by atoms with Crippen molar-refractivity contribution in [2.75, 3.05) is 20.7 Å². The lowest BCUT2D eigenvalue weighted by atomic mass is 10.0. The fraction of sp³-hybridized carbons (Fsp3) is 0.263. The van der Waals surface area contributed by atoms with E-state index in [1.54, 1.807) is 7.11 Å². The molecule has 0 heterocycles. The smallest absolute Gasteiger partial charge is 0.315 e. The Labute approximate surface area is 147 Å². The molecular weight excluding hydrogens is 318 g/mol. The monoisotopic (exact) mass is 341 g/mol. The van der Waals surface area contributed by atoms with E-state index in [2.05, 4.69) is 16.0 Å². The minimum atomic E-state index is -0.384. The number of rotatable bonds is 6. The van der Waals surface area contributed by atoms with Crippen LogP contribution in [0.4, 0.5) is 4.79 Å². The predicted molar refractivity (Wildman–Crippen MR) is 97.4 cm³/mol. The lowest BCUT2D eigenvalue weighted by molar-refractivity contribution is -0.119. The first-order chi connectivity index (χ1) is 12.0. The van der Waals surface area contributed by atoms with Crippen molar-refractivity contribution < 1.29 is 14.3 Å². The summed E-state index contributed by atoms with van der Waals surface area (Å²) in [6.07, 6.45) is 0. The van der Waals surface area contributed by atoms with Crippen LogP contribution in [0.5, 0.6) is 5.75 Å². The molecule has 6 nitrogen and oxygen atoms in total. The number of carbonyl (C=O) groups excluding carboxylic acids is 2. The topological polar surface area (TPSA) is 79.5 Å². The number of hydrogen-bond acceptors (Lipinski definition) is 3. The van der Waals surface area contributed by atoms with Crippen molar-refractivity contribution in [3.63, 3.8) is 0 Å². The summed E-state index contributed by atoms with van der Waals surface area (Å²) in [5.41, 5.74) is 3.02. The van der Waals surface area contributed by atoms with Crippen molar-refractivity contribution in [2.24, 2.45) is 0 Å². The number of methoxy groups -OCH3 is 1. The van der Waals surface area contributed by atoms with Gasteiger partial charge >= 0.3 is 6.03 Å². The van der Waals surface area contributed by atoms with Gasteiger partial charge in [0.15, 0.2) is 0 Å². The fourth-order valence-corrected chi connectivity index (χ4v) is 2.41. The first-order valence-corrected chi connectivity index (χ1v) is 8.03. The van der Waals surface area contributed by atoms with Crippen LogP contribution in [0.15, 0.2) is 48.5 Å². The molecule has 0 spiro atoms. The highest BCUT2D eigenvalue weighted by molar-refractivity contribution is 5.83. The molecule has 0 saturated carbocycles. The van der Waals surface area contributed by atoms with Crippen LogP contribution in [-0.4, -0.2) is 32.6 Å². The van der Waals surface area contributed by atoms with Crippen LogP contribution in [0.1, 0.15) is 18.5 Å². The van der Waals surface area contributed by atoms with E-state index in [1.807, 2.05) is 55.5 Å². The zero-order chi connectivity index (χ0) is 18.2. The third-order valence-electron chi connectivity index (χ3n) is 3.86. The van der Waals surface area contributed by atoms with Gasteiger partial charge in [-0.2, -0.15) is 0 Å². The molecule has 0 aliphatic carbocycles. The van der Waals surface area contributed by atoms with Crippen LogP contribution in [0.25, 0.3) is 11.1 Å². The fourth-order valence-electron chi connectivity index (χ4n) is 2.41. The number of nitrogens with one attached hydrogen (secondary N) is 3. The molecule has 0 aliphatic heterocycles. The standard InChI is InChI=1S/C19H23N3O3/c1-13(22-19(24)21-12-18(23)20-2)14-8-10-15(11-9-14)16-6-4-5-7-17(16)25-3/h4-11,13H,12H2,1-3H3,(H,20,23)(H2,21,22,24)/t13-/m0/s1. The van der Waals surface area contributed by atoms with Gasteiger partial charge in [-0.1, -0.05) is 42.5 Å². The van der Waals surface area contributed by atoms with E-state index in [0.29, 0.717) is 0 Å². The predicted octanol–water partition coefficient (Wildman–Crippen LogP) is 2.47. The molecule has 132 valence electrons. The Hall–Kier alpha value is -3.02. The van der Waals surface area contributed by atoms with Crippen molar-refractivity contribution in [2.45, 2.75) is 13.0 Å². The maximum atomic E-state index is 11.8. The van der Waals surface area contributed by atoms with E-state index in [0.717, 1.165) is 22.4 Å². The Morgan fingerprint density at radius 2 is 1.76 bits per heavy atom. The first-order valence-electron chi connectivity index (χ1n) is 8.03. The summed E-state index contributed by atoms with van der Waals surface area (Å²) >= 11 is 0. The molecule has 25 heavy (non-hydrogen) atoms. The second-order valence-electron chi connectivity index (χ2n) is 5.54. The number of carbonyl (C=O) groups is 2. The highest BCUT2D eigenvalue weighted by Gasteiger charge is 2.11. The summed E-state index contributed by atoms with van der Waals surface area (Å²) in [5, 5.41) is 7.76. The summed E-state index contributed by atoms with van der Waals surface area (Å²) in [6, 6.07) is 15.2. The van der Waals surface area contributed by atoms with Gasteiger partial charge in [0.05, 0.1) is 19.7 Å². The van der Waals surface area contributed by atoms with Crippen LogP contribution in [0.3, 0.4) is 0 Å².